The number of amides is 2. The van der Waals surface area contributed by atoms with Crippen molar-refractivity contribution in [3.05, 3.63) is 0 Å². The monoisotopic (exact) mass is 363 g/mol. The molecule has 1 spiro atoms. The molecular formula is C20H33N3O3. The lowest BCUT2D eigenvalue weighted by atomic mass is 9.76. The number of likely N-dealkylation sites (tertiary alicyclic amines) is 1. The smallest absolute Gasteiger partial charge is 0.410 e. The van der Waals surface area contributed by atoms with Crippen LogP contribution in [0.2, 0.25) is 0 Å². The fourth-order valence-electron chi connectivity index (χ4n) is 5.67. The zero-order chi connectivity index (χ0) is 18.1. The lowest BCUT2D eigenvalue weighted by Gasteiger charge is -2.48. The molecule has 4 saturated heterocycles. The van der Waals surface area contributed by atoms with Crippen LogP contribution < -0.4 is 5.32 Å². The SMILES string of the molecule is CCOC(=O)N1CC2CCC(N3CCC4(CC3)CNC(=O)C4)CC1CC2. The van der Waals surface area contributed by atoms with Crippen molar-refractivity contribution in [1.82, 2.24) is 15.1 Å². The second-order valence-electron chi connectivity index (χ2n) is 8.90. The van der Waals surface area contributed by atoms with Crippen molar-refractivity contribution in [3.63, 3.8) is 0 Å². The highest BCUT2D eigenvalue weighted by molar-refractivity contribution is 5.79. The Bertz CT molecular complexity index is 544. The number of fused-ring (bicyclic) bond motifs is 5. The Morgan fingerprint density at radius 3 is 2.58 bits per heavy atom. The Kier molecular flexibility index (Phi) is 5.13. The highest BCUT2D eigenvalue weighted by Gasteiger charge is 2.43. The van der Waals surface area contributed by atoms with Gasteiger partial charge in [-0.15, -0.1) is 0 Å². The normalized spacial score (nSPS) is 34.4. The second-order valence-corrected chi connectivity index (χ2v) is 8.90. The van der Waals surface area contributed by atoms with Crippen molar-refractivity contribution in [1.29, 1.82) is 0 Å². The molecule has 146 valence electrons. The van der Waals surface area contributed by atoms with Crippen molar-refractivity contribution in [3.8, 4) is 0 Å². The molecule has 4 heterocycles. The first-order chi connectivity index (χ1) is 12.6. The lowest BCUT2D eigenvalue weighted by Crippen LogP contribution is -2.54. The number of carbonyl (C=O) groups excluding carboxylic acids is 2. The van der Waals surface area contributed by atoms with E-state index in [1.165, 1.54) is 19.3 Å². The number of hydrogen-bond acceptors (Lipinski definition) is 4. The van der Waals surface area contributed by atoms with Gasteiger partial charge in [0.2, 0.25) is 5.91 Å². The van der Waals surface area contributed by atoms with Crippen molar-refractivity contribution in [2.75, 3.05) is 32.8 Å². The van der Waals surface area contributed by atoms with Gasteiger partial charge in [0, 0.05) is 31.6 Å². The summed E-state index contributed by atoms with van der Waals surface area (Å²) in [5, 5.41) is 3.03. The molecule has 1 aliphatic carbocycles. The first kappa shape index (κ1) is 18.1. The van der Waals surface area contributed by atoms with Crippen LogP contribution in [0.1, 0.15) is 58.3 Å². The zero-order valence-corrected chi connectivity index (χ0v) is 16.0. The topological polar surface area (TPSA) is 61.9 Å². The van der Waals surface area contributed by atoms with E-state index in [2.05, 4.69) is 10.2 Å². The summed E-state index contributed by atoms with van der Waals surface area (Å²) in [6.45, 7) is 6.28. The van der Waals surface area contributed by atoms with Gasteiger partial charge >= 0.3 is 6.09 Å². The maximum atomic E-state index is 12.4. The molecule has 0 aromatic carbocycles. The number of ether oxygens (including phenoxy) is 1. The minimum atomic E-state index is -0.115. The van der Waals surface area contributed by atoms with Gasteiger partial charge in [0.15, 0.2) is 0 Å². The zero-order valence-electron chi connectivity index (χ0n) is 16.0. The summed E-state index contributed by atoms with van der Waals surface area (Å²) in [5.74, 6) is 0.859. The third-order valence-electron chi connectivity index (χ3n) is 7.33. The molecule has 0 aromatic rings. The molecule has 6 heteroatoms. The largest absolute Gasteiger partial charge is 0.450 e. The van der Waals surface area contributed by atoms with Crippen LogP contribution in [0.5, 0.6) is 0 Å². The fraction of sp³-hybridized carbons (Fsp3) is 0.900. The maximum Gasteiger partial charge on any atom is 0.410 e. The van der Waals surface area contributed by atoms with Gasteiger partial charge in [0.1, 0.15) is 0 Å². The summed E-state index contributed by atoms with van der Waals surface area (Å²) >= 11 is 0. The van der Waals surface area contributed by atoms with Gasteiger partial charge in [-0.1, -0.05) is 0 Å². The van der Waals surface area contributed by atoms with E-state index in [-0.39, 0.29) is 17.4 Å². The molecule has 6 nitrogen and oxygen atoms in total. The van der Waals surface area contributed by atoms with Crippen LogP contribution in [0.25, 0.3) is 0 Å². The molecule has 2 bridgehead atoms. The van der Waals surface area contributed by atoms with E-state index in [9.17, 15) is 9.59 Å². The summed E-state index contributed by atoms with van der Waals surface area (Å²) in [6.07, 6.45) is 8.77. The van der Waals surface area contributed by atoms with Gasteiger partial charge in [-0.2, -0.15) is 0 Å². The fourth-order valence-corrected chi connectivity index (χ4v) is 5.67. The Morgan fingerprint density at radius 2 is 1.92 bits per heavy atom. The third kappa shape index (κ3) is 3.57. The van der Waals surface area contributed by atoms with Crippen LogP contribution in [0.15, 0.2) is 0 Å². The van der Waals surface area contributed by atoms with E-state index in [1.807, 2.05) is 11.8 Å². The molecule has 1 saturated carbocycles. The van der Waals surface area contributed by atoms with E-state index in [0.29, 0.717) is 31.0 Å². The Balaban J connectivity index is 1.39. The number of rotatable bonds is 2. The highest BCUT2D eigenvalue weighted by atomic mass is 16.6. The standard InChI is InChI=1S/C20H33N3O3/c1-2-26-19(25)23-13-15-3-5-16(11-17(23)6-4-15)22-9-7-20(8-10-22)12-18(24)21-14-20/h15-17H,2-14H2,1H3,(H,21,24). The van der Waals surface area contributed by atoms with E-state index < -0.39 is 0 Å². The molecule has 0 radical (unpaired) electrons. The van der Waals surface area contributed by atoms with Crippen LogP contribution in [0, 0.1) is 11.3 Å². The number of hydrogen-bond donors (Lipinski definition) is 1. The molecule has 26 heavy (non-hydrogen) atoms. The molecule has 2 amide bonds. The molecule has 3 unspecified atom stereocenters. The summed E-state index contributed by atoms with van der Waals surface area (Å²) < 4.78 is 5.32. The first-order valence-electron chi connectivity index (χ1n) is 10.5. The third-order valence-corrected chi connectivity index (χ3v) is 7.33. The molecule has 5 fully saturated rings. The number of nitrogens with zero attached hydrogens (tertiary/aromatic N) is 2. The molecule has 1 N–H and O–H groups in total. The van der Waals surface area contributed by atoms with E-state index in [0.717, 1.165) is 51.9 Å². The number of carbonyl (C=O) groups is 2. The highest BCUT2D eigenvalue weighted by Crippen LogP contribution is 2.40. The average Bonchev–Trinajstić information content (AvgIpc) is 2.97. The van der Waals surface area contributed by atoms with Crippen molar-refractivity contribution in [2.45, 2.75) is 70.4 Å². The number of piperidine rings is 2. The molecule has 4 aliphatic heterocycles. The second kappa shape index (κ2) is 7.37. The molecule has 5 aliphatic rings. The van der Waals surface area contributed by atoms with Crippen molar-refractivity contribution >= 4 is 12.0 Å². The van der Waals surface area contributed by atoms with E-state index in [4.69, 9.17) is 4.74 Å². The van der Waals surface area contributed by atoms with Crippen LogP contribution in [0.3, 0.4) is 0 Å². The Morgan fingerprint density at radius 1 is 1.19 bits per heavy atom. The summed E-state index contributed by atoms with van der Waals surface area (Å²) in [5.41, 5.74) is 0.213. The number of nitrogens with one attached hydrogen (secondary N) is 1. The molecular weight excluding hydrogens is 330 g/mol. The minimum Gasteiger partial charge on any atom is -0.450 e. The van der Waals surface area contributed by atoms with Gasteiger partial charge in [-0.3, -0.25) is 4.79 Å². The predicted octanol–water partition coefficient (Wildman–Crippen LogP) is 2.38. The summed E-state index contributed by atoms with van der Waals surface area (Å²) in [4.78, 5) is 28.7. The van der Waals surface area contributed by atoms with E-state index >= 15 is 0 Å². The average molecular weight is 364 g/mol. The van der Waals surface area contributed by atoms with E-state index in [1.54, 1.807) is 0 Å². The van der Waals surface area contributed by atoms with Crippen LogP contribution in [-0.2, 0) is 9.53 Å². The first-order valence-corrected chi connectivity index (χ1v) is 10.5. The quantitative estimate of drug-likeness (QED) is 0.818. The van der Waals surface area contributed by atoms with Crippen LogP contribution in [0.4, 0.5) is 4.79 Å². The van der Waals surface area contributed by atoms with Crippen LogP contribution >= 0.6 is 0 Å². The summed E-state index contributed by atoms with van der Waals surface area (Å²) in [6, 6.07) is 0.906. The van der Waals surface area contributed by atoms with Crippen molar-refractivity contribution in [2.24, 2.45) is 11.3 Å². The van der Waals surface area contributed by atoms with Gasteiger partial charge in [0.25, 0.3) is 0 Å². The summed E-state index contributed by atoms with van der Waals surface area (Å²) in [7, 11) is 0. The van der Waals surface area contributed by atoms with Crippen LogP contribution in [-0.4, -0.2) is 66.7 Å². The molecule has 5 rings (SSSR count). The Labute approximate surface area is 156 Å². The minimum absolute atomic E-state index is 0.115. The van der Waals surface area contributed by atoms with Gasteiger partial charge in [0.05, 0.1) is 6.61 Å². The Hall–Kier alpha value is -1.30. The van der Waals surface area contributed by atoms with Gasteiger partial charge in [-0.25, -0.2) is 4.79 Å². The van der Waals surface area contributed by atoms with Gasteiger partial charge in [-0.05, 0) is 76.3 Å². The van der Waals surface area contributed by atoms with Gasteiger partial charge < -0.3 is 19.9 Å². The molecule has 3 atom stereocenters. The van der Waals surface area contributed by atoms with Crippen molar-refractivity contribution < 1.29 is 14.3 Å². The predicted molar refractivity (Wildman–Crippen MR) is 98.7 cm³/mol. The molecule has 0 aromatic heterocycles. The lowest BCUT2D eigenvalue weighted by molar-refractivity contribution is -0.119. The maximum absolute atomic E-state index is 12.4.